The number of rotatable bonds is 5. The van der Waals surface area contributed by atoms with Crippen molar-refractivity contribution in [2.75, 3.05) is 40.5 Å². The molecule has 0 fully saturated rings. The molecule has 0 rings (SSSR count). The quantitative estimate of drug-likeness (QED) is 0.558. The molecule has 0 aliphatic carbocycles. The summed E-state index contributed by atoms with van der Waals surface area (Å²) in [4.78, 5) is 24.0. The molecule has 0 spiro atoms. The van der Waals surface area contributed by atoms with Crippen molar-refractivity contribution in [2.24, 2.45) is 0 Å². The molecule has 0 aromatic carbocycles. The van der Waals surface area contributed by atoms with Crippen LogP contribution in [0.5, 0.6) is 0 Å². The second-order valence-electron chi connectivity index (χ2n) is 3.14. The molecule has 0 aliphatic heterocycles. The van der Waals surface area contributed by atoms with Crippen molar-refractivity contribution in [1.29, 1.82) is 0 Å². The third-order valence-electron chi connectivity index (χ3n) is 1.34. The molecule has 80 valence electrons. The summed E-state index contributed by atoms with van der Waals surface area (Å²) < 4.78 is 10.3. The standard InChI is InChI=1S/C6H17N2O3P.Sm/c1-7(2)4-5-8(3)6-12(9,10)11;/h4-6H2,1-3H3,(H2,9,10,11);/p-2/i;1+3. The van der Waals surface area contributed by atoms with Crippen molar-refractivity contribution in [1.82, 2.24) is 9.80 Å². The molecule has 0 N–H and O–H groups in total. The normalized spacial score (nSPS) is 11.9. The van der Waals surface area contributed by atoms with E-state index in [1.165, 1.54) is 4.90 Å². The second-order valence-corrected chi connectivity index (χ2v) is 4.64. The van der Waals surface area contributed by atoms with Crippen LogP contribution in [0.15, 0.2) is 0 Å². The van der Waals surface area contributed by atoms with Gasteiger partial charge in [0.2, 0.25) is 0 Å². The van der Waals surface area contributed by atoms with E-state index < -0.39 is 7.60 Å². The molecule has 0 saturated heterocycles. The topological polar surface area (TPSA) is 69.7 Å². The van der Waals surface area contributed by atoms with Gasteiger partial charge in [-0.3, -0.25) is 0 Å². The van der Waals surface area contributed by atoms with Crippen molar-refractivity contribution in [3.63, 3.8) is 0 Å². The van der Waals surface area contributed by atoms with Gasteiger partial charge >= 0.3 is 0 Å². The molecule has 0 aromatic heterocycles. The summed E-state index contributed by atoms with van der Waals surface area (Å²) in [5, 5.41) is 0. The fourth-order valence-corrected chi connectivity index (χ4v) is 1.47. The Morgan fingerprint density at radius 2 is 1.62 bits per heavy atom. The fourth-order valence-electron chi connectivity index (χ4n) is 0.737. The molecule has 7 heteroatoms. The first kappa shape index (κ1) is 16.8. The number of likely N-dealkylation sites (N-methyl/N-ethyl adjacent to an activating group) is 2. The first-order valence-electron chi connectivity index (χ1n) is 3.65. The molecule has 5 nitrogen and oxygen atoms in total. The van der Waals surface area contributed by atoms with E-state index in [9.17, 15) is 14.4 Å². The molecule has 0 unspecified atom stereocenters. The van der Waals surface area contributed by atoms with Crippen LogP contribution in [0.3, 0.4) is 0 Å². The molecular weight excluding hydrogens is 332 g/mol. The Morgan fingerprint density at radius 1 is 1.15 bits per heavy atom. The Balaban J connectivity index is 0. The average molecular weight is 347 g/mol. The van der Waals surface area contributed by atoms with Gasteiger partial charge in [-0.05, 0) is 21.1 Å². The third kappa shape index (κ3) is 13.4. The van der Waals surface area contributed by atoms with Crippen molar-refractivity contribution in [3.8, 4) is 0 Å². The summed E-state index contributed by atoms with van der Waals surface area (Å²) in [5.41, 5.74) is 0. The van der Waals surface area contributed by atoms with Crippen LogP contribution in [0.4, 0.5) is 0 Å². The minimum atomic E-state index is -4.37. The summed E-state index contributed by atoms with van der Waals surface area (Å²) in [7, 11) is 1.02. The Labute approximate surface area is 112 Å². The van der Waals surface area contributed by atoms with Crippen molar-refractivity contribution >= 4 is 7.60 Å². The summed E-state index contributed by atoms with van der Waals surface area (Å²) in [6, 6.07) is 0. The average Bonchev–Trinajstić information content (AvgIpc) is 1.79. The van der Waals surface area contributed by atoms with Gasteiger partial charge in [0.05, 0.1) is 0 Å². The molecule has 0 saturated carbocycles. The molecule has 0 atom stereocenters. The Morgan fingerprint density at radius 3 is 1.92 bits per heavy atom. The number of nitrogens with zero attached hydrogens (tertiary/aromatic N) is 2. The minimum absolute atomic E-state index is 0. The first-order valence-corrected chi connectivity index (χ1v) is 5.38. The van der Waals surface area contributed by atoms with E-state index in [4.69, 9.17) is 0 Å². The van der Waals surface area contributed by atoms with Gasteiger partial charge in [0.1, 0.15) is 0 Å². The molecule has 13 heavy (non-hydrogen) atoms. The largest absolute Gasteiger partial charge is 0.810 e. The molecule has 0 amide bonds. The van der Waals surface area contributed by atoms with E-state index in [0.717, 1.165) is 6.54 Å². The van der Waals surface area contributed by atoms with Crippen molar-refractivity contribution < 1.29 is 54.7 Å². The van der Waals surface area contributed by atoms with Crippen LogP contribution in [0.1, 0.15) is 0 Å². The van der Waals surface area contributed by atoms with Gasteiger partial charge in [0.15, 0.2) is 0 Å². The Kier molecular flexibility index (Phi) is 9.92. The van der Waals surface area contributed by atoms with E-state index in [2.05, 4.69) is 0 Å². The zero-order valence-corrected chi connectivity index (χ0v) is 11.6. The molecule has 0 aliphatic rings. The zero-order chi connectivity index (χ0) is 9.78. The van der Waals surface area contributed by atoms with Crippen LogP contribution < -0.4 is 9.79 Å². The van der Waals surface area contributed by atoms with Gasteiger partial charge < -0.3 is 24.2 Å². The van der Waals surface area contributed by atoms with Crippen LogP contribution in [0.2, 0.25) is 0 Å². The van der Waals surface area contributed by atoms with Crippen molar-refractivity contribution in [3.05, 3.63) is 0 Å². The molecule has 0 heterocycles. The van der Waals surface area contributed by atoms with Gasteiger partial charge in [-0.2, -0.15) is 0 Å². The van der Waals surface area contributed by atoms with Gasteiger partial charge in [-0.1, -0.05) is 7.60 Å². The van der Waals surface area contributed by atoms with Crippen LogP contribution in [0, 0.1) is 40.4 Å². The van der Waals surface area contributed by atoms with Gasteiger partial charge in [0, 0.05) is 59.8 Å². The summed E-state index contributed by atoms with van der Waals surface area (Å²) in [6.45, 7) is 1.33. The van der Waals surface area contributed by atoms with E-state index in [0.29, 0.717) is 6.54 Å². The Hall–Kier alpha value is 1.41. The van der Waals surface area contributed by atoms with E-state index in [1.807, 2.05) is 19.0 Å². The maximum absolute atomic E-state index is 10.3. The van der Waals surface area contributed by atoms with Crippen LogP contribution in [-0.4, -0.2) is 50.3 Å². The first-order chi connectivity index (χ1) is 5.31. The summed E-state index contributed by atoms with van der Waals surface area (Å²) in [5.74, 6) is 0. The molecule has 0 aromatic rings. The van der Waals surface area contributed by atoms with E-state index in [-0.39, 0.29) is 46.7 Å². The van der Waals surface area contributed by atoms with Crippen LogP contribution in [0.25, 0.3) is 0 Å². The smallest absolute Gasteiger partial charge is 0.0257 e. The molecule has 0 radical (unpaired) electrons. The third-order valence-corrected chi connectivity index (χ3v) is 2.17. The van der Waals surface area contributed by atoms with Gasteiger partial charge in [-0.15, -0.1) is 0 Å². The van der Waals surface area contributed by atoms with Gasteiger partial charge in [0.25, 0.3) is 0 Å². The summed E-state index contributed by atoms with van der Waals surface area (Å²) in [6.07, 6.45) is -0.388. The number of hydrogen-bond acceptors (Lipinski definition) is 5. The van der Waals surface area contributed by atoms with E-state index in [1.54, 1.807) is 7.05 Å². The fraction of sp³-hybridized carbons (Fsp3) is 1.00. The Bertz CT molecular complexity index is 173. The van der Waals surface area contributed by atoms with Crippen LogP contribution >= 0.6 is 7.60 Å². The minimum Gasteiger partial charge on any atom is -0.810 e. The zero-order valence-electron chi connectivity index (χ0n) is 8.10. The summed E-state index contributed by atoms with van der Waals surface area (Å²) >= 11 is 0. The van der Waals surface area contributed by atoms with E-state index >= 15 is 0 Å². The monoisotopic (exact) mass is 347 g/mol. The number of hydrogen-bond donors (Lipinski definition) is 0. The molecular formula is C6H15N2O3PSm-2. The van der Waals surface area contributed by atoms with Crippen LogP contribution in [-0.2, 0) is 4.57 Å². The predicted molar refractivity (Wildman–Crippen MR) is 43.7 cm³/mol. The second kappa shape index (κ2) is 7.67. The molecule has 0 bridgehead atoms. The van der Waals surface area contributed by atoms with Crippen molar-refractivity contribution in [2.45, 2.75) is 0 Å². The maximum atomic E-state index is 10.3. The van der Waals surface area contributed by atoms with Gasteiger partial charge in [-0.25, -0.2) is 0 Å². The maximum Gasteiger partial charge on any atom is 0.0257 e. The predicted octanol–water partition coefficient (Wildman–Crippen LogP) is -1.65. The SMILES string of the molecule is CN(C)CCN(C)CP(=O)([O-])[O-].[153Sm].